The van der Waals surface area contributed by atoms with Gasteiger partial charge in [-0.3, -0.25) is 4.79 Å². The molecule has 2 N–H and O–H groups in total. The minimum absolute atomic E-state index is 0.0164. The lowest BCUT2D eigenvalue weighted by Crippen LogP contribution is -2.53. The molecule has 1 atom stereocenters. The summed E-state index contributed by atoms with van der Waals surface area (Å²) in [7, 11) is 1.74. The minimum atomic E-state index is -0.0652. The summed E-state index contributed by atoms with van der Waals surface area (Å²) in [6.07, 6.45) is 6.66. The van der Waals surface area contributed by atoms with Gasteiger partial charge >= 0.3 is 0 Å². The number of carbonyl (C=O) groups is 1. The first-order valence-electron chi connectivity index (χ1n) is 6.32. The lowest BCUT2D eigenvalue weighted by molar-refractivity contribution is -0.127. The van der Waals surface area contributed by atoms with Crippen molar-refractivity contribution in [3.63, 3.8) is 0 Å². The Hall–Kier alpha value is -0.610. The summed E-state index contributed by atoms with van der Waals surface area (Å²) in [5.41, 5.74) is -0.0652. The number of ether oxygens (including phenoxy) is 1. The van der Waals surface area contributed by atoms with Gasteiger partial charge in [0.1, 0.15) is 0 Å². The quantitative estimate of drug-likeness (QED) is 0.746. The standard InChI is InChI=1S/C12H22N2O2/c1-16-12(6-4-7-12)9-14-11(15)10-5-2-3-8-13-10/h10,13H,2-9H2,1H3,(H,14,15). The maximum absolute atomic E-state index is 11.9. The van der Waals surface area contributed by atoms with Crippen molar-refractivity contribution in [1.82, 2.24) is 10.6 Å². The van der Waals surface area contributed by atoms with E-state index in [2.05, 4.69) is 10.6 Å². The van der Waals surface area contributed by atoms with Crippen molar-refractivity contribution in [2.45, 2.75) is 50.2 Å². The molecule has 1 unspecified atom stereocenters. The van der Waals surface area contributed by atoms with Crippen LogP contribution in [-0.4, -0.2) is 37.7 Å². The van der Waals surface area contributed by atoms with Gasteiger partial charge in [0, 0.05) is 13.7 Å². The first-order valence-corrected chi connectivity index (χ1v) is 6.32. The maximum Gasteiger partial charge on any atom is 0.237 e. The van der Waals surface area contributed by atoms with E-state index in [1.165, 1.54) is 12.8 Å². The number of amides is 1. The second-order valence-electron chi connectivity index (χ2n) is 4.96. The van der Waals surface area contributed by atoms with Gasteiger partial charge < -0.3 is 15.4 Å². The molecule has 1 aliphatic heterocycles. The van der Waals surface area contributed by atoms with Crippen LogP contribution < -0.4 is 10.6 Å². The first-order chi connectivity index (χ1) is 7.76. The highest BCUT2D eigenvalue weighted by Crippen LogP contribution is 2.34. The molecule has 0 aromatic carbocycles. The van der Waals surface area contributed by atoms with Crippen LogP contribution in [-0.2, 0) is 9.53 Å². The number of carbonyl (C=O) groups excluding carboxylic acids is 1. The number of hydrogen-bond donors (Lipinski definition) is 2. The van der Waals surface area contributed by atoms with Crippen LogP contribution in [0.15, 0.2) is 0 Å². The SMILES string of the molecule is COC1(CNC(=O)C2CCCCN2)CCC1. The smallest absolute Gasteiger partial charge is 0.237 e. The van der Waals surface area contributed by atoms with Crippen LogP contribution in [0.2, 0.25) is 0 Å². The van der Waals surface area contributed by atoms with Crippen molar-refractivity contribution in [2.75, 3.05) is 20.2 Å². The van der Waals surface area contributed by atoms with Gasteiger partial charge in [-0.1, -0.05) is 6.42 Å². The normalized spacial score (nSPS) is 28.2. The third-order valence-electron chi connectivity index (χ3n) is 3.91. The van der Waals surface area contributed by atoms with E-state index >= 15 is 0 Å². The Labute approximate surface area is 97.1 Å². The molecular formula is C12H22N2O2. The van der Waals surface area contributed by atoms with Crippen LogP contribution in [0.1, 0.15) is 38.5 Å². The molecule has 0 spiro atoms. The van der Waals surface area contributed by atoms with Crippen molar-refractivity contribution in [1.29, 1.82) is 0 Å². The van der Waals surface area contributed by atoms with E-state index in [1.54, 1.807) is 7.11 Å². The molecule has 16 heavy (non-hydrogen) atoms. The van der Waals surface area contributed by atoms with E-state index in [0.29, 0.717) is 6.54 Å². The van der Waals surface area contributed by atoms with Gasteiger partial charge in [0.25, 0.3) is 0 Å². The Morgan fingerprint density at radius 3 is 2.75 bits per heavy atom. The zero-order valence-electron chi connectivity index (χ0n) is 10.1. The molecule has 0 aromatic heterocycles. The molecule has 2 aliphatic rings. The van der Waals surface area contributed by atoms with E-state index in [4.69, 9.17) is 4.74 Å². The molecule has 92 valence electrons. The highest BCUT2D eigenvalue weighted by molar-refractivity contribution is 5.81. The predicted octanol–water partition coefficient (Wildman–Crippen LogP) is 0.814. The highest BCUT2D eigenvalue weighted by Gasteiger charge is 2.37. The summed E-state index contributed by atoms with van der Waals surface area (Å²) >= 11 is 0. The fraction of sp³-hybridized carbons (Fsp3) is 0.917. The molecule has 1 amide bonds. The summed E-state index contributed by atoms with van der Waals surface area (Å²) in [4.78, 5) is 11.9. The predicted molar refractivity (Wildman–Crippen MR) is 62.2 cm³/mol. The fourth-order valence-corrected chi connectivity index (χ4v) is 2.47. The molecule has 4 heteroatoms. The molecule has 2 fully saturated rings. The van der Waals surface area contributed by atoms with E-state index in [-0.39, 0.29) is 17.6 Å². The molecular weight excluding hydrogens is 204 g/mol. The average Bonchev–Trinajstić information content (AvgIpc) is 2.29. The van der Waals surface area contributed by atoms with Crippen LogP contribution in [0.5, 0.6) is 0 Å². The van der Waals surface area contributed by atoms with Gasteiger partial charge in [-0.25, -0.2) is 0 Å². The van der Waals surface area contributed by atoms with Gasteiger partial charge in [0.05, 0.1) is 11.6 Å². The van der Waals surface area contributed by atoms with Crippen molar-refractivity contribution in [2.24, 2.45) is 0 Å². The Kier molecular flexibility index (Phi) is 3.82. The molecule has 0 radical (unpaired) electrons. The lowest BCUT2D eigenvalue weighted by Gasteiger charge is -2.40. The lowest BCUT2D eigenvalue weighted by atomic mass is 9.80. The second-order valence-corrected chi connectivity index (χ2v) is 4.96. The number of rotatable bonds is 4. The van der Waals surface area contributed by atoms with Crippen LogP contribution in [0.3, 0.4) is 0 Å². The Balaban J connectivity index is 1.74. The van der Waals surface area contributed by atoms with E-state index < -0.39 is 0 Å². The van der Waals surface area contributed by atoms with E-state index in [9.17, 15) is 4.79 Å². The largest absolute Gasteiger partial charge is 0.376 e. The molecule has 1 aliphatic carbocycles. The van der Waals surface area contributed by atoms with Crippen molar-refractivity contribution in [3.05, 3.63) is 0 Å². The van der Waals surface area contributed by atoms with Gasteiger partial charge in [-0.05, 0) is 38.6 Å². The molecule has 1 saturated heterocycles. The number of hydrogen-bond acceptors (Lipinski definition) is 3. The Bertz CT molecular complexity index is 240. The van der Waals surface area contributed by atoms with Crippen molar-refractivity contribution < 1.29 is 9.53 Å². The molecule has 2 rings (SSSR count). The minimum Gasteiger partial charge on any atom is -0.376 e. The maximum atomic E-state index is 11.9. The van der Waals surface area contributed by atoms with Crippen LogP contribution >= 0.6 is 0 Å². The summed E-state index contributed by atoms with van der Waals surface area (Å²) in [5.74, 6) is 0.142. The number of nitrogens with one attached hydrogen (secondary N) is 2. The van der Waals surface area contributed by atoms with Crippen LogP contribution in [0, 0.1) is 0 Å². The summed E-state index contributed by atoms with van der Waals surface area (Å²) in [5, 5.41) is 6.28. The average molecular weight is 226 g/mol. The zero-order valence-corrected chi connectivity index (χ0v) is 10.1. The van der Waals surface area contributed by atoms with Gasteiger partial charge in [-0.2, -0.15) is 0 Å². The molecule has 4 nitrogen and oxygen atoms in total. The third-order valence-corrected chi connectivity index (χ3v) is 3.91. The number of methoxy groups -OCH3 is 1. The van der Waals surface area contributed by atoms with Gasteiger partial charge in [-0.15, -0.1) is 0 Å². The van der Waals surface area contributed by atoms with E-state index in [1.807, 2.05) is 0 Å². The van der Waals surface area contributed by atoms with Crippen molar-refractivity contribution >= 4 is 5.91 Å². The molecule has 0 bridgehead atoms. The van der Waals surface area contributed by atoms with E-state index in [0.717, 1.165) is 32.2 Å². The monoisotopic (exact) mass is 226 g/mol. The highest BCUT2D eigenvalue weighted by atomic mass is 16.5. The molecule has 1 heterocycles. The van der Waals surface area contributed by atoms with Crippen LogP contribution in [0.25, 0.3) is 0 Å². The molecule has 0 aromatic rings. The summed E-state index contributed by atoms with van der Waals surface area (Å²) in [6.45, 7) is 1.63. The van der Waals surface area contributed by atoms with Gasteiger partial charge in [0.2, 0.25) is 5.91 Å². The van der Waals surface area contributed by atoms with Gasteiger partial charge in [0.15, 0.2) is 0 Å². The number of piperidine rings is 1. The summed E-state index contributed by atoms with van der Waals surface area (Å²) in [6, 6.07) is 0.0164. The van der Waals surface area contributed by atoms with Crippen LogP contribution in [0.4, 0.5) is 0 Å². The fourth-order valence-electron chi connectivity index (χ4n) is 2.47. The Morgan fingerprint density at radius 2 is 2.25 bits per heavy atom. The molecule has 1 saturated carbocycles. The zero-order chi connectivity index (χ0) is 11.4. The first kappa shape index (κ1) is 11.9. The van der Waals surface area contributed by atoms with Crippen molar-refractivity contribution in [3.8, 4) is 0 Å². The third kappa shape index (κ3) is 2.55. The summed E-state index contributed by atoms with van der Waals surface area (Å²) < 4.78 is 5.48. The topological polar surface area (TPSA) is 50.4 Å². The second kappa shape index (κ2) is 5.15. The Morgan fingerprint density at radius 1 is 1.44 bits per heavy atom.